The summed E-state index contributed by atoms with van der Waals surface area (Å²) < 4.78 is 27.7. The number of nitrogens with zero attached hydrogens (tertiary/aromatic N) is 2. The Morgan fingerprint density at radius 3 is 2.76 bits per heavy atom. The molecule has 0 fully saturated rings. The highest BCUT2D eigenvalue weighted by Gasteiger charge is 2.17. The van der Waals surface area contributed by atoms with Crippen molar-refractivity contribution >= 4 is 39.3 Å². The minimum Gasteiger partial charge on any atom is -0.364 e. The van der Waals surface area contributed by atoms with E-state index in [2.05, 4.69) is 20.3 Å². The number of anilines is 1. The molecule has 2 heterocycles. The number of benzene rings is 1. The van der Waals surface area contributed by atoms with Gasteiger partial charge in [0.25, 0.3) is 0 Å². The molecule has 0 spiro atoms. The fraction of sp³-hybridized carbons (Fsp3) is 0.312. The molecule has 0 saturated carbocycles. The molecule has 2 N–H and O–H groups in total. The molecule has 0 amide bonds. The van der Waals surface area contributed by atoms with Gasteiger partial charge in [0, 0.05) is 16.9 Å². The Hall–Kier alpha value is -2.00. The molecule has 0 aliphatic rings. The molecule has 25 heavy (non-hydrogen) atoms. The second kappa shape index (κ2) is 6.72. The number of hydrogen-bond donors (Lipinski definition) is 2. The van der Waals surface area contributed by atoms with Gasteiger partial charge in [0.1, 0.15) is 4.70 Å². The number of thiazole rings is 1. The quantitative estimate of drug-likeness (QED) is 0.524. The standard InChI is InChI=1S/C16H16F2N4OS2/c1-16(2,3)22-13-11-12(21-15(23)25-11)19-14(20-13)24-7-8-5-4-6-9(17)10(8)18/h4-6H,7H2,1-3H3,(H2,19,20,21,22,23). The van der Waals surface area contributed by atoms with Crippen molar-refractivity contribution in [3.05, 3.63) is 45.1 Å². The number of rotatable bonds is 4. The van der Waals surface area contributed by atoms with Gasteiger partial charge in [-0.2, -0.15) is 0 Å². The van der Waals surface area contributed by atoms with Crippen molar-refractivity contribution in [3.8, 4) is 0 Å². The summed E-state index contributed by atoms with van der Waals surface area (Å²) in [6, 6.07) is 4.06. The molecule has 5 nitrogen and oxygen atoms in total. The first-order chi connectivity index (χ1) is 11.7. The van der Waals surface area contributed by atoms with E-state index in [1.165, 1.54) is 23.9 Å². The lowest BCUT2D eigenvalue weighted by Crippen LogP contribution is -2.26. The molecule has 3 aromatic rings. The van der Waals surface area contributed by atoms with Crippen LogP contribution >= 0.6 is 23.1 Å². The minimum absolute atomic E-state index is 0.179. The largest absolute Gasteiger partial charge is 0.364 e. The lowest BCUT2D eigenvalue weighted by atomic mass is 10.1. The van der Waals surface area contributed by atoms with Crippen LogP contribution < -0.4 is 10.2 Å². The average molecular weight is 382 g/mol. The number of halogens is 2. The van der Waals surface area contributed by atoms with Gasteiger partial charge in [-0.15, -0.1) is 0 Å². The third kappa shape index (κ3) is 4.16. The SMILES string of the molecule is CC(C)(C)Nc1nc(SCc2cccc(F)c2F)nc2[nH]c(=O)sc12. The highest BCUT2D eigenvalue weighted by atomic mass is 32.2. The van der Waals surface area contributed by atoms with Crippen molar-refractivity contribution in [1.82, 2.24) is 15.0 Å². The molecule has 2 aromatic heterocycles. The Labute approximate surface area is 150 Å². The predicted octanol–water partition coefficient (Wildman–Crippen LogP) is 4.16. The van der Waals surface area contributed by atoms with E-state index in [9.17, 15) is 13.6 Å². The molecular formula is C16H16F2N4OS2. The Morgan fingerprint density at radius 2 is 2.04 bits per heavy atom. The summed E-state index contributed by atoms with van der Waals surface area (Å²) in [5.74, 6) is -1.03. The van der Waals surface area contributed by atoms with Gasteiger partial charge in [0.05, 0.1) is 0 Å². The number of nitrogens with one attached hydrogen (secondary N) is 2. The molecule has 0 radical (unpaired) electrons. The van der Waals surface area contributed by atoms with Crippen LogP contribution in [-0.2, 0) is 5.75 Å². The third-order valence-corrected chi connectivity index (χ3v) is 4.92. The molecule has 0 saturated heterocycles. The lowest BCUT2D eigenvalue weighted by molar-refractivity contribution is 0.502. The molecule has 3 rings (SSSR count). The fourth-order valence-electron chi connectivity index (χ4n) is 2.13. The van der Waals surface area contributed by atoms with Gasteiger partial charge >= 0.3 is 4.87 Å². The van der Waals surface area contributed by atoms with Gasteiger partial charge in [-0.3, -0.25) is 9.78 Å². The average Bonchev–Trinajstić information content (AvgIpc) is 2.88. The normalized spacial score (nSPS) is 11.9. The fourth-order valence-corrected chi connectivity index (χ4v) is 3.67. The minimum atomic E-state index is -0.883. The van der Waals surface area contributed by atoms with Crippen molar-refractivity contribution in [3.63, 3.8) is 0 Å². The number of aromatic nitrogens is 3. The Balaban J connectivity index is 1.93. The van der Waals surface area contributed by atoms with Crippen LogP contribution in [0.4, 0.5) is 14.6 Å². The highest BCUT2D eigenvalue weighted by molar-refractivity contribution is 7.98. The van der Waals surface area contributed by atoms with Crippen molar-refractivity contribution < 1.29 is 8.78 Å². The zero-order valence-corrected chi connectivity index (χ0v) is 15.4. The monoisotopic (exact) mass is 382 g/mol. The Bertz CT molecular complexity index is 978. The summed E-state index contributed by atoms with van der Waals surface area (Å²) in [7, 11) is 0. The van der Waals surface area contributed by atoms with Gasteiger partial charge in [0.15, 0.2) is 28.3 Å². The number of hydrogen-bond acceptors (Lipinski definition) is 6. The molecule has 0 bridgehead atoms. The molecular weight excluding hydrogens is 366 g/mol. The first-order valence-electron chi connectivity index (χ1n) is 7.48. The van der Waals surface area contributed by atoms with E-state index in [-0.39, 0.29) is 21.7 Å². The molecule has 0 atom stereocenters. The molecule has 1 aromatic carbocycles. The van der Waals surface area contributed by atoms with E-state index < -0.39 is 11.6 Å². The predicted molar refractivity (Wildman–Crippen MR) is 97.3 cm³/mol. The van der Waals surface area contributed by atoms with E-state index >= 15 is 0 Å². The van der Waals surface area contributed by atoms with E-state index in [1.807, 2.05) is 20.8 Å². The summed E-state index contributed by atoms with van der Waals surface area (Å²) in [4.78, 5) is 22.8. The highest BCUT2D eigenvalue weighted by Crippen LogP contribution is 2.29. The summed E-state index contributed by atoms with van der Waals surface area (Å²) in [5, 5.41) is 3.62. The first-order valence-corrected chi connectivity index (χ1v) is 9.28. The van der Waals surface area contributed by atoms with Crippen LogP contribution in [0, 0.1) is 11.6 Å². The first kappa shape index (κ1) is 17.8. The van der Waals surface area contributed by atoms with Crippen molar-refractivity contribution in [1.29, 1.82) is 0 Å². The van der Waals surface area contributed by atoms with Crippen LogP contribution in [0.2, 0.25) is 0 Å². The number of H-pyrrole nitrogens is 1. The van der Waals surface area contributed by atoms with Gasteiger partial charge in [0.2, 0.25) is 0 Å². The zero-order valence-electron chi connectivity index (χ0n) is 13.8. The molecule has 0 aliphatic heterocycles. The number of fused-ring (bicyclic) bond motifs is 1. The van der Waals surface area contributed by atoms with Gasteiger partial charge in [-0.25, -0.2) is 18.7 Å². The van der Waals surface area contributed by atoms with E-state index in [1.54, 1.807) is 0 Å². The van der Waals surface area contributed by atoms with Crippen molar-refractivity contribution in [2.75, 3.05) is 5.32 Å². The smallest absolute Gasteiger partial charge is 0.306 e. The molecule has 0 unspecified atom stereocenters. The zero-order chi connectivity index (χ0) is 18.2. The molecule has 0 aliphatic carbocycles. The Morgan fingerprint density at radius 1 is 1.28 bits per heavy atom. The maximum Gasteiger partial charge on any atom is 0.306 e. The van der Waals surface area contributed by atoms with E-state index in [0.29, 0.717) is 21.3 Å². The second-order valence-corrected chi connectivity index (χ2v) is 8.35. The number of thioether (sulfide) groups is 1. The van der Waals surface area contributed by atoms with Crippen LogP contribution in [0.1, 0.15) is 26.3 Å². The second-order valence-electron chi connectivity index (χ2n) is 6.42. The number of aromatic amines is 1. The van der Waals surface area contributed by atoms with Crippen LogP contribution in [0.5, 0.6) is 0 Å². The molecule has 132 valence electrons. The van der Waals surface area contributed by atoms with E-state index in [0.717, 1.165) is 17.4 Å². The summed E-state index contributed by atoms with van der Waals surface area (Å²) >= 11 is 2.20. The maximum atomic E-state index is 13.8. The summed E-state index contributed by atoms with van der Waals surface area (Å²) in [5.41, 5.74) is 0.405. The summed E-state index contributed by atoms with van der Waals surface area (Å²) in [6.45, 7) is 5.93. The topological polar surface area (TPSA) is 70.7 Å². The molecule has 9 heteroatoms. The van der Waals surface area contributed by atoms with Crippen molar-refractivity contribution in [2.45, 2.75) is 37.2 Å². The van der Waals surface area contributed by atoms with Crippen LogP contribution in [-0.4, -0.2) is 20.5 Å². The van der Waals surface area contributed by atoms with Gasteiger partial charge < -0.3 is 5.32 Å². The van der Waals surface area contributed by atoms with Crippen molar-refractivity contribution in [2.24, 2.45) is 0 Å². The van der Waals surface area contributed by atoms with Gasteiger partial charge in [-0.1, -0.05) is 35.2 Å². The lowest BCUT2D eigenvalue weighted by Gasteiger charge is -2.21. The Kier molecular flexibility index (Phi) is 4.79. The third-order valence-electron chi connectivity index (χ3n) is 3.14. The van der Waals surface area contributed by atoms with E-state index in [4.69, 9.17) is 0 Å². The van der Waals surface area contributed by atoms with Gasteiger partial charge in [-0.05, 0) is 26.8 Å². The summed E-state index contributed by atoms with van der Waals surface area (Å²) in [6.07, 6.45) is 0. The maximum absolute atomic E-state index is 13.8. The van der Waals surface area contributed by atoms with Crippen LogP contribution in [0.3, 0.4) is 0 Å². The van der Waals surface area contributed by atoms with Crippen LogP contribution in [0.15, 0.2) is 28.2 Å². The van der Waals surface area contributed by atoms with Crippen LogP contribution in [0.25, 0.3) is 10.3 Å².